The molecule has 0 saturated carbocycles. The van der Waals surface area contributed by atoms with Gasteiger partial charge in [0.25, 0.3) is 0 Å². The number of allylic oxidation sites excluding steroid dienone is 1. The molecule has 0 unspecified atom stereocenters. The van der Waals surface area contributed by atoms with Gasteiger partial charge in [0.1, 0.15) is 5.82 Å². The minimum absolute atomic E-state index is 1.01. The van der Waals surface area contributed by atoms with Crippen molar-refractivity contribution in [3.63, 3.8) is 0 Å². The molecular formula is C10H16N2. The maximum absolute atomic E-state index is 4.29. The predicted molar refractivity (Wildman–Crippen MR) is 51.0 cm³/mol. The van der Waals surface area contributed by atoms with Gasteiger partial charge in [0.15, 0.2) is 0 Å². The Morgan fingerprint density at radius 1 is 1.67 bits per heavy atom. The molecule has 0 aliphatic rings. The van der Waals surface area contributed by atoms with E-state index in [0.29, 0.717) is 0 Å². The van der Waals surface area contributed by atoms with Gasteiger partial charge in [0.05, 0.1) is 0 Å². The van der Waals surface area contributed by atoms with E-state index >= 15 is 0 Å². The zero-order valence-corrected chi connectivity index (χ0v) is 7.66. The summed E-state index contributed by atoms with van der Waals surface area (Å²) in [6.07, 6.45) is 9.04. The van der Waals surface area contributed by atoms with E-state index < -0.39 is 0 Å². The maximum atomic E-state index is 4.29. The third kappa shape index (κ3) is 2.22. The fourth-order valence-corrected chi connectivity index (χ4v) is 1.24. The van der Waals surface area contributed by atoms with Crippen LogP contribution in [0.1, 0.15) is 25.6 Å². The number of rotatable bonds is 5. The first-order valence-electron chi connectivity index (χ1n) is 4.49. The molecule has 0 aromatic carbocycles. The average molecular weight is 164 g/mol. The summed E-state index contributed by atoms with van der Waals surface area (Å²) in [4.78, 5) is 4.29. The highest BCUT2D eigenvalue weighted by Gasteiger charge is 1.98. The smallest absolute Gasteiger partial charge is 0.108 e. The summed E-state index contributed by atoms with van der Waals surface area (Å²) in [5.41, 5.74) is 0. The normalized spacial score (nSPS) is 10.1. The largest absolute Gasteiger partial charge is 0.335 e. The number of hydrogen-bond acceptors (Lipinski definition) is 1. The highest BCUT2D eigenvalue weighted by Crippen LogP contribution is 2.02. The molecular weight excluding hydrogens is 148 g/mol. The van der Waals surface area contributed by atoms with Gasteiger partial charge in [0.2, 0.25) is 0 Å². The van der Waals surface area contributed by atoms with Crippen molar-refractivity contribution in [2.24, 2.45) is 0 Å². The van der Waals surface area contributed by atoms with Crippen molar-refractivity contribution >= 4 is 0 Å². The Morgan fingerprint density at radius 3 is 3.17 bits per heavy atom. The van der Waals surface area contributed by atoms with Crippen molar-refractivity contribution in [1.29, 1.82) is 0 Å². The molecule has 0 fully saturated rings. The lowest BCUT2D eigenvalue weighted by atomic mass is 10.3. The first-order chi connectivity index (χ1) is 5.88. The third-order valence-electron chi connectivity index (χ3n) is 1.84. The molecule has 12 heavy (non-hydrogen) atoms. The van der Waals surface area contributed by atoms with E-state index in [-0.39, 0.29) is 0 Å². The zero-order valence-electron chi connectivity index (χ0n) is 7.66. The van der Waals surface area contributed by atoms with E-state index in [1.54, 1.807) is 0 Å². The van der Waals surface area contributed by atoms with Crippen LogP contribution in [0, 0.1) is 0 Å². The molecule has 2 heteroatoms. The molecule has 0 atom stereocenters. The summed E-state index contributed by atoms with van der Waals surface area (Å²) in [5.74, 6) is 1.18. The Balaban J connectivity index is 2.56. The van der Waals surface area contributed by atoms with Gasteiger partial charge in [-0.2, -0.15) is 0 Å². The van der Waals surface area contributed by atoms with Crippen molar-refractivity contribution in [1.82, 2.24) is 9.55 Å². The Bertz CT molecular complexity index is 238. The lowest BCUT2D eigenvalue weighted by molar-refractivity contribution is 0.636. The van der Waals surface area contributed by atoms with Crippen molar-refractivity contribution in [2.75, 3.05) is 0 Å². The summed E-state index contributed by atoms with van der Waals surface area (Å²) in [5, 5.41) is 0. The summed E-state index contributed by atoms with van der Waals surface area (Å²) in [6.45, 7) is 6.95. The van der Waals surface area contributed by atoms with Crippen molar-refractivity contribution < 1.29 is 0 Å². The number of nitrogens with zero attached hydrogens (tertiary/aromatic N) is 2. The highest BCUT2D eigenvalue weighted by molar-refractivity contribution is 4.93. The van der Waals surface area contributed by atoms with Crippen LogP contribution in [0.15, 0.2) is 25.0 Å². The molecule has 1 aromatic heterocycles. The van der Waals surface area contributed by atoms with Gasteiger partial charge in [-0.15, -0.1) is 6.58 Å². The lowest BCUT2D eigenvalue weighted by Crippen LogP contribution is -2.01. The van der Waals surface area contributed by atoms with E-state index in [9.17, 15) is 0 Å². The molecule has 2 nitrogen and oxygen atoms in total. The third-order valence-corrected chi connectivity index (χ3v) is 1.84. The molecule has 1 heterocycles. The van der Waals surface area contributed by atoms with E-state index in [1.165, 1.54) is 5.82 Å². The molecule has 0 aliphatic carbocycles. The van der Waals surface area contributed by atoms with Crippen LogP contribution in [0.3, 0.4) is 0 Å². The topological polar surface area (TPSA) is 17.8 Å². The number of hydrogen-bond donors (Lipinski definition) is 0. The first-order valence-corrected chi connectivity index (χ1v) is 4.49. The molecule has 1 rings (SSSR count). The molecule has 0 N–H and O–H groups in total. The van der Waals surface area contributed by atoms with E-state index in [1.807, 2.05) is 18.5 Å². The minimum Gasteiger partial charge on any atom is -0.335 e. The van der Waals surface area contributed by atoms with Crippen molar-refractivity contribution in [3.05, 3.63) is 30.9 Å². The minimum atomic E-state index is 1.01. The van der Waals surface area contributed by atoms with Gasteiger partial charge in [-0.25, -0.2) is 4.98 Å². The summed E-state index contributed by atoms with van der Waals surface area (Å²) >= 11 is 0. The first kappa shape index (κ1) is 9.04. The number of aryl methyl sites for hydroxylation is 2. The molecule has 0 amide bonds. The average Bonchev–Trinajstić information content (AvgIpc) is 2.50. The van der Waals surface area contributed by atoms with Crippen LogP contribution < -0.4 is 0 Å². The molecule has 66 valence electrons. The Hall–Kier alpha value is -1.05. The van der Waals surface area contributed by atoms with Gasteiger partial charge < -0.3 is 4.57 Å². The van der Waals surface area contributed by atoms with Gasteiger partial charge >= 0.3 is 0 Å². The van der Waals surface area contributed by atoms with Crippen molar-refractivity contribution in [2.45, 2.75) is 32.7 Å². The van der Waals surface area contributed by atoms with Crippen LogP contribution in [0.2, 0.25) is 0 Å². The predicted octanol–water partition coefficient (Wildman–Crippen LogP) is 2.41. The van der Waals surface area contributed by atoms with Crippen LogP contribution in [0.4, 0.5) is 0 Å². The summed E-state index contributed by atoms with van der Waals surface area (Å²) in [6, 6.07) is 0. The van der Waals surface area contributed by atoms with Crippen LogP contribution in [0.25, 0.3) is 0 Å². The second-order valence-corrected chi connectivity index (χ2v) is 2.86. The molecule has 0 spiro atoms. The van der Waals surface area contributed by atoms with Gasteiger partial charge in [-0.1, -0.05) is 13.0 Å². The monoisotopic (exact) mass is 164 g/mol. The van der Waals surface area contributed by atoms with Gasteiger partial charge in [-0.05, 0) is 12.8 Å². The highest BCUT2D eigenvalue weighted by atomic mass is 15.1. The maximum Gasteiger partial charge on any atom is 0.108 e. The van der Waals surface area contributed by atoms with Gasteiger partial charge in [-0.3, -0.25) is 0 Å². The van der Waals surface area contributed by atoms with Crippen LogP contribution in [-0.2, 0) is 13.0 Å². The van der Waals surface area contributed by atoms with E-state index in [4.69, 9.17) is 0 Å². The molecule has 0 aliphatic heterocycles. The fraction of sp³-hybridized carbons (Fsp3) is 0.500. The Labute approximate surface area is 73.9 Å². The summed E-state index contributed by atoms with van der Waals surface area (Å²) in [7, 11) is 0. The number of imidazole rings is 1. The fourth-order valence-electron chi connectivity index (χ4n) is 1.24. The zero-order chi connectivity index (χ0) is 8.81. The van der Waals surface area contributed by atoms with Crippen LogP contribution in [0.5, 0.6) is 0 Å². The van der Waals surface area contributed by atoms with E-state index in [0.717, 1.165) is 25.8 Å². The quantitative estimate of drug-likeness (QED) is 0.611. The standard InChI is InChI=1S/C10H16N2/c1-3-5-6-10-11-7-9-12(10)8-4-2/h3,7,9H,1,4-6,8H2,2H3. The second kappa shape index (κ2) is 4.75. The molecule has 0 bridgehead atoms. The van der Waals surface area contributed by atoms with Crippen LogP contribution in [-0.4, -0.2) is 9.55 Å². The Kier molecular flexibility index (Phi) is 3.58. The van der Waals surface area contributed by atoms with Crippen molar-refractivity contribution in [3.8, 4) is 0 Å². The Morgan fingerprint density at radius 2 is 2.50 bits per heavy atom. The second-order valence-electron chi connectivity index (χ2n) is 2.86. The van der Waals surface area contributed by atoms with Gasteiger partial charge in [0, 0.05) is 25.4 Å². The lowest BCUT2D eigenvalue weighted by Gasteiger charge is -2.03. The summed E-state index contributed by atoms with van der Waals surface area (Å²) < 4.78 is 2.21. The van der Waals surface area contributed by atoms with Crippen LogP contribution >= 0.6 is 0 Å². The molecule has 0 saturated heterocycles. The molecule has 1 aromatic rings. The number of aromatic nitrogens is 2. The SMILES string of the molecule is C=CCCc1nccn1CCC. The van der Waals surface area contributed by atoms with E-state index in [2.05, 4.69) is 23.1 Å². The molecule has 0 radical (unpaired) electrons.